The fourth-order valence-corrected chi connectivity index (χ4v) is 4.15. The zero-order chi connectivity index (χ0) is 18.1. The summed E-state index contributed by atoms with van der Waals surface area (Å²) in [5.41, 5.74) is 2.00. The first-order chi connectivity index (χ1) is 12.5. The van der Waals surface area contributed by atoms with Crippen molar-refractivity contribution in [3.05, 3.63) is 48.3 Å². The number of hydrogen-bond acceptors (Lipinski definition) is 4. The highest BCUT2D eigenvalue weighted by Crippen LogP contribution is 2.38. The Balaban J connectivity index is 1.31. The van der Waals surface area contributed by atoms with Crippen molar-refractivity contribution >= 4 is 5.91 Å². The second-order valence-electron chi connectivity index (χ2n) is 8.07. The molecule has 2 saturated heterocycles. The SMILES string of the molecule is CC1(C)C(=O)NC1C1CCN(Cc2cnc(-c3ccccc3)nc2)CC1. The van der Waals surface area contributed by atoms with Crippen molar-refractivity contribution in [2.75, 3.05) is 13.1 Å². The Morgan fingerprint density at radius 3 is 2.35 bits per heavy atom. The summed E-state index contributed by atoms with van der Waals surface area (Å²) in [6.45, 7) is 7.15. The van der Waals surface area contributed by atoms with Gasteiger partial charge < -0.3 is 5.32 Å². The van der Waals surface area contributed by atoms with Gasteiger partial charge in [-0.05, 0) is 45.7 Å². The average Bonchev–Trinajstić information content (AvgIpc) is 2.68. The van der Waals surface area contributed by atoms with Crippen LogP contribution < -0.4 is 5.32 Å². The Hall–Kier alpha value is -2.27. The molecule has 1 amide bonds. The van der Waals surface area contributed by atoms with Gasteiger partial charge in [-0.25, -0.2) is 9.97 Å². The minimum Gasteiger partial charge on any atom is -0.351 e. The highest BCUT2D eigenvalue weighted by molar-refractivity contribution is 5.89. The minimum absolute atomic E-state index is 0.195. The molecule has 2 aliphatic heterocycles. The Bertz CT molecular complexity index is 764. The number of likely N-dealkylation sites (tertiary alicyclic amines) is 1. The van der Waals surface area contributed by atoms with Gasteiger partial charge in [0.2, 0.25) is 5.91 Å². The van der Waals surface area contributed by atoms with Crippen LogP contribution in [0.1, 0.15) is 32.3 Å². The minimum atomic E-state index is -0.200. The summed E-state index contributed by atoms with van der Waals surface area (Å²) in [6, 6.07) is 10.4. The lowest BCUT2D eigenvalue weighted by atomic mass is 9.68. The van der Waals surface area contributed by atoms with Crippen LogP contribution in [-0.4, -0.2) is 39.9 Å². The molecule has 0 radical (unpaired) electrons. The summed E-state index contributed by atoms with van der Waals surface area (Å²) in [4.78, 5) is 23.2. The molecule has 1 N–H and O–H groups in total. The molecule has 26 heavy (non-hydrogen) atoms. The molecule has 0 spiro atoms. The number of aromatic nitrogens is 2. The average molecular weight is 350 g/mol. The van der Waals surface area contributed by atoms with Crippen LogP contribution >= 0.6 is 0 Å². The summed E-state index contributed by atoms with van der Waals surface area (Å²) in [5.74, 6) is 1.56. The third kappa shape index (κ3) is 3.23. The maximum atomic E-state index is 11.7. The van der Waals surface area contributed by atoms with Crippen molar-refractivity contribution in [3.8, 4) is 11.4 Å². The van der Waals surface area contributed by atoms with Crippen molar-refractivity contribution in [1.82, 2.24) is 20.2 Å². The lowest BCUT2D eigenvalue weighted by molar-refractivity contribution is -0.146. The van der Waals surface area contributed by atoms with E-state index in [2.05, 4.69) is 34.0 Å². The molecule has 2 aromatic rings. The van der Waals surface area contributed by atoms with E-state index in [0.717, 1.165) is 49.4 Å². The third-order valence-electron chi connectivity index (χ3n) is 5.90. The predicted octanol–water partition coefficient (Wildman–Crippen LogP) is 2.88. The lowest BCUT2D eigenvalue weighted by Gasteiger charge is -2.50. The first-order valence-corrected chi connectivity index (χ1v) is 9.44. The van der Waals surface area contributed by atoms with E-state index in [4.69, 9.17) is 0 Å². The molecular weight excluding hydrogens is 324 g/mol. The number of amides is 1. The maximum Gasteiger partial charge on any atom is 0.228 e. The molecule has 1 aromatic heterocycles. The van der Waals surface area contributed by atoms with E-state index >= 15 is 0 Å². The topological polar surface area (TPSA) is 58.1 Å². The molecule has 5 heteroatoms. The number of hydrogen-bond donors (Lipinski definition) is 1. The molecule has 1 unspecified atom stereocenters. The van der Waals surface area contributed by atoms with E-state index in [0.29, 0.717) is 12.0 Å². The number of carbonyl (C=O) groups excluding carboxylic acids is 1. The molecule has 3 heterocycles. The number of rotatable bonds is 4. The van der Waals surface area contributed by atoms with E-state index < -0.39 is 0 Å². The van der Waals surface area contributed by atoms with Gasteiger partial charge in [-0.15, -0.1) is 0 Å². The van der Waals surface area contributed by atoms with Gasteiger partial charge in [-0.1, -0.05) is 30.3 Å². The molecular formula is C21H26N4O. The van der Waals surface area contributed by atoms with Gasteiger partial charge in [0, 0.05) is 36.1 Å². The van der Waals surface area contributed by atoms with Crippen LogP contribution in [0.3, 0.4) is 0 Å². The number of β-lactam (4-membered cyclic amide) rings is 1. The monoisotopic (exact) mass is 350 g/mol. The Labute approximate surface area is 154 Å². The number of carbonyl (C=O) groups is 1. The molecule has 1 atom stereocenters. The van der Waals surface area contributed by atoms with Crippen LogP contribution in [-0.2, 0) is 11.3 Å². The molecule has 2 aliphatic rings. The van der Waals surface area contributed by atoms with Gasteiger partial charge in [0.05, 0.1) is 5.41 Å². The summed E-state index contributed by atoms with van der Waals surface area (Å²) in [5, 5.41) is 3.11. The Morgan fingerprint density at radius 1 is 1.12 bits per heavy atom. The van der Waals surface area contributed by atoms with E-state index in [1.807, 2.05) is 42.7 Å². The van der Waals surface area contributed by atoms with Gasteiger partial charge in [-0.2, -0.15) is 0 Å². The van der Waals surface area contributed by atoms with Crippen molar-refractivity contribution in [2.24, 2.45) is 11.3 Å². The second kappa shape index (κ2) is 6.80. The first-order valence-electron chi connectivity index (χ1n) is 9.44. The zero-order valence-corrected chi connectivity index (χ0v) is 15.5. The zero-order valence-electron chi connectivity index (χ0n) is 15.5. The van der Waals surface area contributed by atoms with Crippen LogP contribution in [0.25, 0.3) is 11.4 Å². The molecule has 0 bridgehead atoms. The van der Waals surface area contributed by atoms with Gasteiger partial charge in [-0.3, -0.25) is 9.69 Å². The smallest absolute Gasteiger partial charge is 0.228 e. The number of benzene rings is 1. The van der Waals surface area contributed by atoms with Crippen LogP contribution in [0, 0.1) is 11.3 Å². The number of piperidine rings is 1. The third-order valence-corrected chi connectivity index (χ3v) is 5.90. The number of nitrogens with zero attached hydrogens (tertiary/aromatic N) is 3. The quantitative estimate of drug-likeness (QED) is 0.862. The van der Waals surface area contributed by atoms with E-state index in [1.165, 1.54) is 0 Å². The lowest BCUT2D eigenvalue weighted by Crippen LogP contribution is -2.67. The fraction of sp³-hybridized carbons (Fsp3) is 0.476. The van der Waals surface area contributed by atoms with Gasteiger partial charge >= 0.3 is 0 Å². The number of nitrogens with one attached hydrogen (secondary N) is 1. The molecule has 2 fully saturated rings. The second-order valence-corrected chi connectivity index (χ2v) is 8.07. The summed E-state index contributed by atoms with van der Waals surface area (Å²) in [7, 11) is 0. The summed E-state index contributed by atoms with van der Waals surface area (Å²) >= 11 is 0. The van der Waals surface area contributed by atoms with Gasteiger partial charge in [0.15, 0.2) is 5.82 Å². The Kier molecular flexibility index (Phi) is 4.49. The highest BCUT2D eigenvalue weighted by atomic mass is 16.2. The highest BCUT2D eigenvalue weighted by Gasteiger charge is 2.50. The largest absolute Gasteiger partial charge is 0.351 e. The molecule has 5 nitrogen and oxygen atoms in total. The van der Waals surface area contributed by atoms with Crippen molar-refractivity contribution in [1.29, 1.82) is 0 Å². The predicted molar refractivity (Wildman–Crippen MR) is 101 cm³/mol. The Morgan fingerprint density at radius 2 is 1.77 bits per heavy atom. The fourth-order valence-electron chi connectivity index (χ4n) is 4.15. The maximum absolute atomic E-state index is 11.7. The van der Waals surface area contributed by atoms with Crippen LogP contribution in [0.4, 0.5) is 0 Å². The van der Waals surface area contributed by atoms with Crippen LogP contribution in [0.2, 0.25) is 0 Å². The van der Waals surface area contributed by atoms with Crippen molar-refractivity contribution < 1.29 is 4.79 Å². The van der Waals surface area contributed by atoms with Gasteiger partial charge in [0.1, 0.15) is 0 Å². The molecule has 4 rings (SSSR count). The summed E-state index contributed by atoms with van der Waals surface area (Å²) < 4.78 is 0. The summed E-state index contributed by atoms with van der Waals surface area (Å²) in [6.07, 6.45) is 6.15. The van der Waals surface area contributed by atoms with E-state index in [9.17, 15) is 4.79 Å². The normalized spacial score (nSPS) is 23.3. The molecule has 1 aromatic carbocycles. The van der Waals surface area contributed by atoms with E-state index in [1.54, 1.807) is 0 Å². The molecule has 0 saturated carbocycles. The van der Waals surface area contributed by atoms with Crippen molar-refractivity contribution in [3.63, 3.8) is 0 Å². The van der Waals surface area contributed by atoms with Gasteiger partial charge in [0.25, 0.3) is 0 Å². The van der Waals surface area contributed by atoms with E-state index in [-0.39, 0.29) is 11.3 Å². The van der Waals surface area contributed by atoms with Crippen LogP contribution in [0.15, 0.2) is 42.7 Å². The van der Waals surface area contributed by atoms with Crippen molar-refractivity contribution in [2.45, 2.75) is 39.3 Å². The standard InChI is InChI=1S/C21H26N4O/c1-21(2)18(24-20(21)26)16-8-10-25(11-9-16)14-15-12-22-19(23-13-15)17-6-4-3-5-7-17/h3-7,12-13,16,18H,8-11,14H2,1-2H3,(H,24,26). The molecule has 0 aliphatic carbocycles. The molecule has 136 valence electrons. The first kappa shape index (κ1) is 17.2. The van der Waals surface area contributed by atoms with Crippen LogP contribution in [0.5, 0.6) is 0 Å².